The van der Waals surface area contributed by atoms with Crippen molar-refractivity contribution < 1.29 is 4.74 Å². The number of nitrogens with two attached hydrogens (primary N) is 1. The van der Waals surface area contributed by atoms with Crippen molar-refractivity contribution in [1.82, 2.24) is 0 Å². The second kappa shape index (κ2) is 5.75. The Balaban J connectivity index is 3.21. The molecule has 0 saturated carbocycles. The zero-order chi connectivity index (χ0) is 13.9. The van der Waals surface area contributed by atoms with Crippen molar-refractivity contribution in [1.29, 1.82) is 0 Å². The Morgan fingerprint density at radius 3 is 2.28 bits per heavy atom. The molecule has 0 saturated heterocycles. The fourth-order valence-corrected chi connectivity index (χ4v) is 1.96. The Bertz CT molecular complexity index is 391. The summed E-state index contributed by atoms with van der Waals surface area (Å²) in [6.45, 7) is 12.8. The van der Waals surface area contributed by atoms with Gasteiger partial charge in [0.2, 0.25) is 0 Å². The second-order valence-corrected chi connectivity index (χ2v) is 6.19. The fraction of sp³-hybridized carbons (Fsp3) is 0.625. The van der Waals surface area contributed by atoms with Crippen molar-refractivity contribution in [2.45, 2.75) is 65.5 Å². The van der Waals surface area contributed by atoms with Crippen LogP contribution in [0.1, 0.15) is 65.1 Å². The molecule has 1 aromatic carbocycles. The smallest absolute Gasteiger partial charge is 0.123 e. The van der Waals surface area contributed by atoms with E-state index in [1.165, 1.54) is 11.1 Å². The standard InChI is InChI=1S/C16H27NO/c1-7-14(17)12-8-9-15(18-11(2)3)13(10-12)16(4,5)6/h8-11,14H,7,17H2,1-6H3. The van der Waals surface area contributed by atoms with E-state index in [0.29, 0.717) is 0 Å². The molecular formula is C16H27NO. The van der Waals surface area contributed by atoms with Crippen molar-refractivity contribution in [2.24, 2.45) is 5.73 Å². The summed E-state index contributed by atoms with van der Waals surface area (Å²) in [5.41, 5.74) is 8.61. The zero-order valence-corrected chi connectivity index (χ0v) is 12.6. The van der Waals surface area contributed by atoms with Gasteiger partial charge in [-0.2, -0.15) is 0 Å². The van der Waals surface area contributed by atoms with E-state index in [1.807, 2.05) is 0 Å². The summed E-state index contributed by atoms with van der Waals surface area (Å²) < 4.78 is 5.90. The molecule has 1 unspecified atom stereocenters. The minimum absolute atomic E-state index is 0.0632. The van der Waals surface area contributed by atoms with E-state index >= 15 is 0 Å². The molecule has 0 aromatic heterocycles. The van der Waals surface area contributed by atoms with Gasteiger partial charge in [0, 0.05) is 6.04 Å². The third-order valence-electron chi connectivity index (χ3n) is 3.04. The molecular weight excluding hydrogens is 222 g/mol. The van der Waals surface area contributed by atoms with Crippen molar-refractivity contribution in [3.8, 4) is 5.75 Å². The van der Waals surface area contributed by atoms with Gasteiger partial charge < -0.3 is 10.5 Å². The molecule has 2 heteroatoms. The lowest BCUT2D eigenvalue weighted by Crippen LogP contribution is -2.18. The molecule has 0 aliphatic heterocycles. The largest absolute Gasteiger partial charge is 0.491 e. The van der Waals surface area contributed by atoms with Crippen LogP contribution in [0, 0.1) is 0 Å². The lowest BCUT2D eigenvalue weighted by Gasteiger charge is -2.25. The molecule has 1 atom stereocenters. The van der Waals surface area contributed by atoms with Crippen molar-refractivity contribution in [2.75, 3.05) is 0 Å². The van der Waals surface area contributed by atoms with E-state index in [9.17, 15) is 0 Å². The van der Waals surface area contributed by atoms with Gasteiger partial charge in [-0.25, -0.2) is 0 Å². The van der Waals surface area contributed by atoms with Crippen LogP contribution in [-0.2, 0) is 5.41 Å². The second-order valence-electron chi connectivity index (χ2n) is 6.19. The monoisotopic (exact) mass is 249 g/mol. The molecule has 2 N–H and O–H groups in total. The number of hydrogen-bond acceptors (Lipinski definition) is 2. The molecule has 102 valence electrons. The van der Waals surface area contributed by atoms with Crippen LogP contribution in [0.4, 0.5) is 0 Å². The van der Waals surface area contributed by atoms with Gasteiger partial charge in [-0.15, -0.1) is 0 Å². The maximum atomic E-state index is 6.12. The summed E-state index contributed by atoms with van der Waals surface area (Å²) in [4.78, 5) is 0. The average molecular weight is 249 g/mol. The highest BCUT2D eigenvalue weighted by Gasteiger charge is 2.21. The van der Waals surface area contributed by atoms with Crippen LogP contribution in [-0.4, -0.2) is 6.10 Å². The molecule has 0 amide bonds. The van der Waals surface area contributed by atoms with E-state index in [-0.39, 0.29) is 17.6 Å². The highest BCUT2D eigenvalue weighted by Crippen LogP contribution is 2.34. The molecule has 18 heavy (non-hydrogen) atoms. The third-order valence-corrected chi connectivity index (χ3v) is 3.04. The maximum Gasteiger partial charge on any atom is 0.123 e. The zero-order valence-electron chi connectivity index (χ0n) is 12.6. The van der Waals surface area contributed by atoms with Crippen LogP contribution < -0.4 is 10.5 Å². The topological polar surface area (TPSA) is 35.2 Å². The summed E-state index contributed by atoms with van der Waals surface area (Å²) in [6.07, 6.45) is 1.14. The average Bonchev–Trinajstić information content (AvgIpc) is 2.26. The SMILES string of the molecule is CCC(N)c1ccc(OC(C)C)c(C(C)(C)C)c1. The normalized spacial score (nSPS) is 13.8. The van der Waals surface area contributed by atoms with E-state index in [0.717, 1.165) is 12.2 Å². The molecule has 2 nitrogen and oxygen atoms in total. The lowest BCUT2D eigenvalue weighted by molar-refractivity contribution is 0.236. The van der Waals surface area contributed by atoms with E-state index in [1.54, 1.807) is 0 Å². The summed E-state index contributed by atoms with van der Waals surface area (Å²) >= 11 is 0. The highest BCUT2D eigenvalue weighted by atomic mass is 16.5. The molecule has 1 aromatic rings. The molecule has 0 radical (unpaired) electrons. The van der Waals surface area contributed by atoms with Crippen LogP contribution in [0.5, 0.6) is 5.75 Å². The molecule has 1 rings (SSSR count). The molecule has 0 spiro atoms. The van der Waals surface area contributed by atoms with Crippen LogP contribution in [0.3, 0.4) is 0 Å². The first-order chi connectivity index (χ1) is 8.25. The van der Waals surface area contributed by atoms with Gasteiger partial charge in [0.1, 0.15) is 5.75 Å². The van der Waals surface area contributed by atoms with E-state index in [2.05, 4.69) is 59.7 Å². The number of rotatable bonds is 4. The van der Waals surface area contributed by atoms with Gasteiger partial charge in [0.25, 0.3) is 0 Å². The van der Waals surface area contributed by atoms with Gasteiger partial charge in [-0.3, -0.25) is 0 Å². The van der Waals surface area contributed by atoms with E-state index in [4.69, 9.17) is 10.5 Å². The van der Waals surface area contributed by atoms with Gasteiger partial charge in [-0.1, -0.05) is 39.8 Å². The van der Waals surface area contributed by atoms with E-state index < -0.39 is 0 Å². The fourth-order valence-electron chi connectivity index (χ4n) is 1.96. The lowest BCUT2D eigenvalue weighted by atomic mass is 9.84. The number of hydrogen-bond donors (Lipinski definition) is 1. The minimum atomic E-state index is 0.0632. The first kappa shape index (κ1) is 15.0. The van der Waals surface area contributed by atoms with Crippen LogP contribution in [0.25, 0.3) is 0 Å². The maximum absolute atomic E-state index is 6.12. The predicted molar refractivity (Wildman–Crippen MR) is 78.1 cm³/mol. The van der Waals surface area contributed by atoms with Gasteiger partial charge in [0.15, 0.2) is 0 Å². The first-order valence-corrected chi connectivity index (χ1v) is 6.82. The van der Waals surface area contributed by atoms with Gasteiger partial charge in [0.05, 0.1) is 6.10 Å². The summed E-state index contributed by atoms with van der Waals surface area (Å²) in [5.74, 6) is 0.976. The summed E-state index contributed by atoms with van der Waals surface area (Å²) in [6, 6.07) is 6.46. The Kier molecular flexibility index (Phi) is 4.80. The quantitative estimate of drug-likeness (QED) is 0.868. The molecule has 0 fully saturated rings. The number of benzene rings is 1. The third kappa shape index (κ3) is 3.74. The Hall–Kier alpha value is -1.02. The molecule has 0 aliphatic rings. The van der Waals surface area contributed by atoms with Crippen LogP contribution in [0.15, 0.2) is 18.2 Å². The Morgan fingerprint density at radius 1 is 1.22 bits per heavy atom. The molecule has 0 heterocycles. The Labute approximate surface area is 112 Å². The van der Waals surface area contributed by atoms with Gasteiger partial charge in [-0.05, 0) is 42.9 Å². The first-order valence-electron chi connectivity index (χ1n) is 6.82. The predicted octanol–water partition coefficient (Wildman–Crippen LogP) is 4.18. The molecule has 0 bridgehead atoms. The minimum Gasteiger partial charge on any atom is -0.491 e. The van der Waals surface area contributed by atoms with Gasteiger partial charge >= 0.3 is 0 Å². The van der Waals surface area contributed by atoms with Crippen LogP contribution in [0.2, 0.25) is 0 Å². The van der Waals surface area contributed by atoms with Crippen LogP contribution >= 0.6 is 0 Å². The highest BCUT2D eigenvalue weighted by molar-refractivity contribution is 5.42. The summed E-state index contributed by atoms with van der Waals surface area (Å²) in [7, 11) is 0. The Morgan fingerprint density at radius 2 is 1.83 bits per heavy atom. The van der Waals surface area contributed by atoms with Crippen molar-refractivity contribution in [3.05, 3.63) is 29.3 Å². The number of ether oxygens (including phenoxy) is 1. The van der Waals surface area contributed by atoms with Crippen molar-refractivity contribution >= 4 is 0 Å². The molecule has 0 aliphatic carbocycles. The summed E-state index contributed by atoms with van der Waals surface area (Å²) in [5, 5.41) is 0. The van der Waals surface area contributed by atoms with Crippen molar-refractivity contribution in [3.63, 3.8) is 0 Å².